The lowest BCUT2D eigenvalue weighted by atomic mass is 10.1. The first kappa shape index (κ1) is 13.6. The van der Waals surface area contributed by atoms with Crippen LogP contribution in [0.4, 0.5) is 5.82 Å². The van der Waals surface area contributed by atoms with Gasteiger partial charge in [-0.05, 0) is 26.3 Å². The summed E-state index contributed by atoms with van der Waals surface area (Å²) in [5, 5.41) is 4.23. The molecule has 0 aliphatic rings. The lowest BCUT2D eigenvalue weighted by molar-refractivity contribution is 0.579. The summed E-state index contributed by atoms with van der Waals surface area (Å²) in [6.45, 7) is 6.11. The topological polar surface area (TPSA) is 51.0 Å². The van der Waals surface area contributed by atoms with E-state index in [0.29, 0.717) is 0 Å². The molecule has 0 unspecified atom stereocenters. The van der Waals surface area contributed by atoms with Crippen molar-refractivity contribution in [2.75, 3.05) is 12.4 Å². The average molecular weight is 281 g/mol. The van der Waals surface area contributed by atoms with Gasteiger partial charge in [0, 0.05) is 23.7 Å². The molecule has 0 amide bonds. The van der Waals surface area contributed by atoms with Gasteiger partial charge in [-0.3, -0.25) is 0 Å². The molecule has 3 rings (SSSR count). The van der Waals surface area contributed by atoms with Gasteiger partial charge in [0.25, 0.3) is 0 Å². The molecule has 108 valence electrons. The normalized spacial score (nSPS) is 11.0. The fourth-order valence-corrected chi connectivity index (χ4v) is 2.78. The molecule has 4 heteroatoms. The predicted molar refractivity (Wildman–Crippen MR) is 85.6 cm³/mol. The Bertz CT molecular complexity index is 805. The molecule has 3 aromatic rings. The number of benzene rings is 1. The van der Waals surface area contributed by atoms with Crippen molar-refractivity contribution in [2.45, 2.75) is 27.2 Å². The quantitative estimate of drug-likeness (QED) is 0.785. The van der Waals surface area contributed by atoms with Crippen molar-refractivity contribution < 1.29 is 4.42 Å². The molecule has 0 radical (unpaired) electrons. The van der Waals surface area contributed by atoms with Crippen LogP contribution >= 0.6 is 0 Å². The summed E-state index contributed by atoms with van der Waals surface area (Å²) in [5.41, 5.74) is 4.02. The molecule has 0 aliphatic carbocycles. The summed E-state index contributed by atoms with van der Waals surface area (Å²) in [6.07, 6.45) is 0.910. The number of hydrogen-bond acceptors (Lipinski definition) is 4. The van der Waals surface area contributed by atoms with Crippen LogP contribution in [0, 0.1) is 13.8 Å². The first-order chi connectivity index (χ1) is 10.2. The van der Waals surface area contributed by atoms with E-state index in [1.54, 1.807) is 0 Å². The lowest BCUT2D eigenvalue weighted by Gasteiger charge is -2.11. The second kappa shape index (κ2) is 5.20. The summed E-state index contributed by atoms with van der Waals surface area (Å²) >= 11 is 0. The number of hydrogen-bond donors (Lipinski definition) is 1. The van der Waals surface area contributed by atoms with Gasteiger partial charge in [-0.1, -0.05) is 25.1 Å². The van der Waals surface area contributed by atoms with E-state index in [9.17, 15) is 0 Å². The molecule has 4 nitrogen and oxygen atoms in total. The Balaban J connectivity index is 2.28. The van der Waals surface area contributed by atoms with E-state index in [-0.39, 0.29) is 0 Å². The Morgan fingerprint density at radius 1 is 1.14 bits per heavy atom. The van der Waals surface area contributed by atoms with Gasteiger partial charge in [-0.25, -0.2) is 9.97 Å². The Hall–Kier alpha value is -2.36. The smallest absolute Gasteiger partial charge is 0.165 e. The summed E-state index contributed by atoms with van der Waals surface area (Å²) in [7, 11) is 1.89. The molecule has 0 spiro atoms. The SMILES string of the molecule is CCc1c(C)nc(-c2c(C)oc3ccccc23)nc1NC. The number of nitrogens with zero attached hydrogens (tertiary/aromatic N) is 2. The van der Waals surface area contributed by atoms with Crippen molar-refractivity contribution in [1.29, 1.82) is 0 Å². The van der Waals surface area contributed by atoms with Crippen molar-refractivity contribution in [1.82, 2.24) is 9.97 Å². The second-order valence-electron chi connectivity index (χ2n) is 5.09. The maximum absolute atomic E-state index is 5.82. The van der Waals surface area contributed by atoms with Crippen molar-refractivity contribution in [3.05, 3.63) is 41.3 Å². The Morgan fingerprint density at radius 3 is 2.62 bits per heavy atom. The fourth-order valence-electron chi connectivity index (χ4n) is 2.78. The van der Waals surface area contributed by atoms with Gasteiger partial charge >= 0.3 is 0 Å². The van der Waals surface area contributed by atoms with Crippen molar-refractivity contribution >= 4 is 16.8 Å². The Morgan fingerprint density at radius 2 is 1.90 bits per heavy atom. The highest BCUT2D eigenvalue weighted by molar-refractivity contribution is 5.94. The van der Waals surface area contributed by atoms with E-state index < -0.39 is 0 Å². The molecule has 0 aliphatic heterocycles. The van der Waals surface area contributed by atoms with Gasteiger partial charge in [0.1, 0.15) is 17.2 Å². The van der Waals surface area contributed by atoms with E-state index in [2.05, 4.69) is 12.2 Å². The third-order valence-electron chi connectivity index (χ3n) is 3.80. The standard InChI is InChI=1S/C17H19N3O/c1-5-12-10(2)19-17(20-16(12)18-4)15-11(3)21-14-9-7-6-8-13(14)15/h6-9H,5H2,1-4H3,(H,18,19,20). The number of para-hydroxylation sites is 1. The largest absolute Gasteiger partial charge is 0.461 e. The van der Waals surface area contributed by atoms with Crippen LogP contribution in [0.5, 0.6) is 0 Å². The highest BCUT2D eigenvalue weighted by atomic mass is 16.3. The second-order valence-corrected chi connectivity index (χ2v) is 5.09. The van der Waals surface area contributed by atoms with Crippen LogP contribution < -0.4 is 5.32 Å². The van der Waals surface area contributed by atoms with Gasteiger partial charge < -0.3 is 9.73 Å². The molecule has 0 bridgehead atoms. The number of furan rings is 1. The summed E-state index contributed by atoms with van der Waals surface area (Å²) in [4.78, 5) is 9.39. The van der Waals surface area contributed by atoms with Gasteiger partial charge in [0.15, 0.2) is 5.82 Å². The van der Waals surface area contributed by atoms with E-state index >= 15 is 0 Å². The Kier molecular flexibility index (Phi) is 3.37. The molecular formula is C17H19N3O. The Labute approximate surface area is 124 Å². The molecule has 2 aromatic heterocycles. The number of anilines is 1. The zero-order chi connectivity index (χ0) is 15.0. The van der Waals surface area contributed by atoms with E-state index in [1.807, 2.05) is 45.2 Å². The number of rotatable bonds is 3. The van der Waals surface area contributed by atoms with Gasteiger partial charge in [0.05, 0.1) is 5.56 Å². The first-order valence-corrected chi connectivity index (χ1v) is 7.19. The van der Waals surface area contributed by atoms with E-state index in [0.717, 1.165) is 51.6 Å². The number of aromatic nitrogens is 2. The highest BCUT2D eigenvalue weighted by Crippen LogP contribution is 2.33. The lowest BCUT2D eigenvalue weighted by Crippen LogP contribution is -2.05. The molecule has 0 atom stereocenters. The van der Waals surface area contributed by atoms with Gasteiger partial charge in [-0.2, -0.15) is 0 Å². The fraction of sp³-hybridized carbons (Fsp3) is 0.294. The molecule has 1 aromatic carbocycles. The zero-order valence-corrected chi connectivity index (χ0v) is 12.8. The van der Waals surface area contributed by atoms with Crippen LogP contribution in [0.15, 0.2) is 28.7 Å². The van der Waals surface area contributed by atoms with Crippen molar-refractivity contribution in [2.24, 2.45) is 0 Å². The number of aryl methyl sites for hydroxylation is 2. The number of fused-ring (bicyclic) bond motifs is 1. The highest BCUT2D eigenvalue weighted by Gasteiger charge is 2.17. The zero-order valence-electron chi connectivity index (χ0n) is 12.8. The molecule has 1 N–H and O–H groups in total. The summed E-state index contributed by atoms with van der Waals surface area (Å²) < 4.78 is 5.82. The van der Waals surface area contributed by atoms with Gasteiger partial charge in [0.2, 0.25) is 0 Å². The van der Waals surface area contributed by atoms with Crippen molar-refractivity contribution in [3.8, 4) is 11.4 Å². The third kappa shape index (κ3) is 2.17. The van der Waals surface area contributed by atoms with Crippen LogP contribution in [0.25, 0.3) is 22.4 Å². The minimum Gasteiger partial charge on any atom is -0.461 e. The maximum atomic E-state index is 5.82. The minimum absolute atomic E-state index is 0.719. The van der Waals surface area contributed by atoms with E-state index in [1.165, 1.54) is 0 Å². The summed E-state index contributed by atoms with van der Waals surface area (Å²) in [6, 6.07) is 8.00. The van der Waals surface area contributed by atoms with E-state index in [4.69, 9.17) is 14.4 Å². The van der Waals surface area contributed by atoms with Crippen LogP contribution in [-0.2, 0) is 6.42 Å². The third-order valence-corrected chi connectivity index (χ3v) is 3.80. The molecule has 0 saturated carbocycles. The molecule has 2 heterocycles. The molecule has 21 heavy (non-hydrogen) atoms. The monoisotopic (exact) mass is 281 g/mol. The molecular weight excluding hydrogens is 262 g/mol. The maximum Gasteiger partial charge on any atom is 0.165 e. The predicted octanol–water partition coefficient (Wildman–Crippen LogP) is 4.11. The van der Waals surface area contributed by atoms with Crippen LogP contribution in [0.3, 0.4) is 0 Å². The van der Waals surface area contributed by atoms with Crippen LogP contribution in [0.2, 0.25) is 0 Å². The minimum atomic E-state index is 0.719. The van der Waals surface area contributed by atoms with Gasteiger partial charge in [-0.15, -0.1) is 0 Å². The molecule has 0 saturated heterocycles. The average Bonchev–Trinajstić information content (AvgIpc) is 2.82. The van der Waals surface area contributed by atoms with Crippen molar-refractivity contribution in [3.63, 3.8) is 0 Å². The van der Waals surface area contributed by atoms with Crippen LogP contribution in [-0.4, -0.2) is 17.0 Å². The first-order valence-electron chi connectivity index (χ1n) is 7.19. The number of nitrogens with one attached hydrogen (secondary N) is 1. The summed E-state index contributed by atoms with van der Waals surface area (Å²) in [5.74, 6) is 2.46. The van der Waals surface area contributed by atoms with Crippen LogP contribution in [0.1, 0.15) is 23.9 Å². The molecule has 0 fully saturated rings.